The molecule has 0 heteroatoms. The van der Waals surface area contributed by atoms with E-state index in [4.69, 9.17) is 0 Å². The van der Waals surface area contributed by atoms with Gasteiger partial charge < -0.3 is 0 Å². The molecule has 0 aromatic carbocycles. The molecule has 0 aliphatic heterocycles. The van der Waals surface area contributed by atoms with Crippen molar-refractivity contribution in [1.29, 1.82) is 0 Å². The fourth-order valence-corrected chi connectivity index (χ4v) is 0.622. The van der Waals surface area contributed by atoms with Crippen LogP contribution in [0.1, 0.15) is 40.5 Å². The fourth-order valence-electron chi connectivity index (χ4n) is 0.622. The highest BCUT2D eigenvalue weighted by molar-refractivity contribution is 4.75. The topological polar surface area (TPSA) is 0 Å². The minimum Gasteiger partial charge on any atom is -0.103 e. The van der Waals surface area contributed by atoms with Crippen molar-refractivity contribution < 1.29 is 0 Å². The van der Waals surface area contributed by atoms with E-state index in [2.05, 4.69) is 20.4 Å². The van der Waals surface area contributed by atoms with Crippen LogP contribution in [0.15, 0.2) is 12.7 Å². The molecule has 0 aliphatic carbocycles. The third kappa shape index (κ3) is 7.74. The van der Waals surface area contributed by atoms with Crippen LogP contribution in [0.4, 0.5) is 0 Å². The second-order valence-corrected chi connectivity index (χ2v) is 1.81. The average molecular weight is 128 g/mol. The maximum Gasteiger partial charge on any atom is -0.0241 e. The first-order chi connectivity index (χ1) is 4.35. The Balaban J connectivity index is 0. The standard InChI is InChI=1S/C7H14.C2H6/c1-4-7(5-2)6-3;1-2/h4,7H,1,5-6H2,2-3H3;1-2H3. The summed E-state index contributed by atoms with van der Waals surface area (Å²) in [6.45, 7) is 12.1. The summed E-state index contributed by atoms with van der Waals surface area (Å²) < 4.78 is 0. The maximum atomic E-state index is 3.70. The Kier molecular flexibility index (Phi) is 13.7. The summed E-state index contributed by atoms with van der Waals surface area (Å²) in [4.78, 5) is 0. The lowest BCUT2D eigenvalue weighted by Crippen LogP contribution is -1.87. The van der Waals surface area contributed by atoms with Gasteiger partial charge in [0.05, 0.1) is 0 Å². The van der Waals surface area contributed by atoms with Gasteiger partial charge in [-0.1, -0.05) is 33.8 Å². The van der Waals surface area contributed by atoms with Crippen LogP contribution in [-0.2, 0) is 0 Å². The summed E-state index contributed by atoms with van der Waals surface area (Å²) in [5.41, 5.74) is 0. The number of hydrogen-bond donors (Lipinski definition) is 0. The van der Waals surface area contributed by atoms with Crippen LogP contribution in [0.25, 0.3) is 0 Å². The van der Waals surface area contributed by atoms with Crippen LogP contribution in [0, 0.1) is 5.92 Å². The summed E-state index contributed by atoms with van der Waals surface area (Å²) in [7, 11) is 0. The molecular weight excluding hydrogens is 108 g/mol. The Morgan fingerprint density at radius 3 is 1.56 bits per heavy atom. The molecule has 0 atom stereocenters. The molecule has 0 amide bonds. The molecule has 0 rings (SSSR count). The predicted octanol–water partition coefficient (Wildman–Crippen LogP) is 3.63. The highest BCUT2D eigenvalue weighted by Gasteiger charge is 1.92. The Hall–Kier alpha value is -0.260. The van der Waals surface area contributed by atoms with E-state index in [1.807, 2.05) is 19.9 Å². The zero-order valence-electron chi connectivity index (χ0n) is 7.28. The molecule has 0 radical (unpaired) electrons. The van der Waals surface area contributed by atoms with E-state index in [0.717, 1.165) is 5.92 Å². The highest BCUT2D eigenvalue weighted by atomic mass is 14.0. The lowest BCUT2D eigenvalue weighted by atomic mass is 10.0. The van der Waals surface area contributed by atoms with Gasteiger partial charge in [0.2, 0.25) is 0 Å². The van der Waals surface area contributed by atoms with Crippen molar-refractivity contribution in [2.24, 2.45) is 5.92 Å². The van der Waals surface area contributed by atoms with Crippen LogP contribution < -0.4 is 0 Å². The van der Waals surface area contributed by atoms with Gasteiger partial charge in [-0.15, -0.1) is 6.58 Å². The molecular formula is C9H20. The Morgan fingerprint density at radius 2 is 1.56 bits per heavy atom. The SMILES string of the molecule is C=CC(CC)CC.CC. The normalized spacial score (nSPS) is 8.11. The summed E-state index contributed by atoms with van der Waals surface area (Å²) in [6.07, 6.45) is 4.50. The molecule has 0 bridgehead atoms. The van der Waals surface area contributed by atoms with Gasteiger partial charge in [-0.05, 0) is 18.8 Å². The van der Waals surface area contributed by atoms with E-state index < -0.39 is 0 Å². The molecule has 0 unspecified atom stereocenters. The first-order valence-electron chi connectivity index (χ1n) is 3.97. The van der Waals surface area contributed by atoms with E-state index in [9.17, 15) is 0 Å². The van der Waals surface area contributed by atoms with Crippen LogP contribution in [0.3, 0.4) is 0 Å². The van der Waals surface area contributed by atoms with Gasteiger partial charge in [-0.3, -0.25) is 0 Å². The Labute approximate surface area is 60.0 Å². The van der Waals surface area contributed by atoms with Crippen molar-refractivity contribution in [2.75, 3.05) is 0 Å². The van der Waals surface area contributed by atoms with Gasteiger partial charge in [-0.2, -0.15) is 0 Å². The van der Waals surface area contributed by atoms with E-state index in [0.29, 0.717) is 0 Å². The molecule has 0 nitrogen and oxygen atoms in total. The van der Waals surface area contributed by atoms with Crippen LogP contribution in [0.2, 0.25) is 0 Å². The molecule has 0 N–H and O–H groups in total. The third-order valence-corrected chi connectivity index (χ3v) is 1.38. The number of hydrogen-bond acceptors (Lipinski definition) is 0. The molecule has 0 heterocycles. The molecule has 0 aliphatic rings. The molecule has 0 saturated heterocycles. The van der Waals surface area contributed by atoms with E-state index in [1.54, 1.807) is 0 Å². The van der Waals surface area contributed by atoms with E-state index in [1.165, 1.54) is 12.8 Å². The molecule has 56 valence electrons. The van der Waals surface area contributed by atoms with Crippen molar-refractivity contribution in [2.45, 2.75) is 40.5 Å². The summed E-state index contributed by atoms with van der Waals surface area (Å²) in [5, 5.41) is 0. The molecule has 9 heavy (non-hydrogen) atoms. The smallest absolute Gasteiger partial charge is 0.0241 e. The summed E-state index contributed by atoms with van der Waals surface area (Å²) in [6, 6.07) is 0. The van der Waals surface area contributed by atoms with Crippen molar-refractivity contribution in [1.82, 2.24) is 0 Å². The first kappa shape index (κ1) is 11.5. The van der Waals surface area contributed by atoms with Crippen molar-refractivity contribution in [3.05, 3.63) is 12.7 Å². The van der Waals surface area contributed by atoms with Crippen LogP contribution >= 0.6 is 0 Å². The van der Waals surface area contributed by atoms with Crippen LogP contribution in [0.5, 0.6) is 0 Å². The first-order valence-corrected chi connectivity index (χ1v) is 3.97. The van der Waals surface area contributed by atoms with Crippen molar-refractivity contribution in [3.8, 4) is 0 Å². The largest absolute Gasteiger partial charge is 0.103 e. The van der Waals surface area contributed by atoms with Gasteiger partial charge in [0.1, 0.15) is 0 Å². The number of rotatable bonds is 3. The second-order valence-electron chi connectivity index (χ2n) is 1.81. The van der Waals surface area contributed by atoms with Gasteiger partial charge >= 0.3 is 0 Å². The van der Waals surface area contributed by atoms with Gasteiger partial charge in [0.15, 0.2) is 0 Å². The minimum atomic E-state index is 0.750. The van der Waals surface area contributed by atoms with E-state index >= 15 is 0 Å². The van der Waals surface area contributed by atoms with Gasteiger partial charge in [0.25, 0.3) is 0 Å². The fraction of sp³-hybridized carbons (Fsp3) is 0.778. The minimum absolute atomic E-state index is 0.750. The summed E-state index contributed by atoms with van der Waals surface area (Å²) >= 11 is 0. The lowest BCUT2D eigenvalue weighted by molar-refractivity contribution is 0.607. The Morgan fingerprint density at radius 1 is 1.22 bits per heavy atom. The maximum absolute atomic E-state index is 3.70. The molecule has 0 aromatic heterocycles. The van der Waals surface area contributed by atoms with Gasteiger partial charge in [-0.25, -0.2) is 0 Å². The second kappa shape index (κ2) is 10.7. The molecule has 0 spiro atoms. The average Bonchev–Trinajstić information content (AvgIpc) is 1.96. The Bertz CT molecular complexity index is 42.0. The number of allylic oxidation sites excluding steroid dienone is 1. The summed E-state index contributed by atoms with van der Waals surface area (Å²) in [5.74, 6) is 0.750. The highest BCUT2D eigenvalue weighted by Crippen LogP contribution is 2.06. The van der Waals surface area contributed by atoms with Crippen LogP contribution in [-0.4, -0.2) is 0 Å². The van der Waals surface area contributed by atoms with Crippen molar-refractivity contribution in [3.63, 3.8) is 0 Å². The quantitative estimate of drug-likeness (QED) is 0.509. The van der Waals surface area contributed by atoms with E-state index in [-0.39, 0.29) is 0 Å². The zero-order chi connectivity index (χ0) is 7.70. The monoisotopic (exact) mass is 128 g/mol. The molecule has 0 saturated carbocycles. The third-order valence-electron chi connectivity index (χ3n) is 1.38. The molecule has 0 aromatic rings. The predicted molar refractivity (Wildman–Crippen MR) is 45.6 cm³/mol. The van der Waals surface area contributed by atoms with Crippen molar-refractivity contribution >= 4 is 0 Å². The van der Waals surface area contributed by atoms with Gasteiger partial charge in [0, 0.05) is 0 Å². The zero-order valence-corrected chi connectivity index (χ0v) is 7.28. The molecule has 0 fully saturated rings. The lowest BCUT2D eigenvalue weighted by Gasteiger charge is -2.01.